The van der Waals surface area contributed by atoms with Crippen molar-refractivity contribution in [1.82, 2.24) is 0 Å². The molecule has 4 unspecified atom stereocenters. The number of hydrogen-bond acceptors (Lipinski definition) is 10. The van der Waals surface area contributed by atoms with Gasteiger partial charge in [-0.15, -0.1) is 0 Å². The molecule has 1 saturated heterocycles. The van der Waals surface area contributed by atoms with Crippen LogP contribution in [0.2, 0.25) is 0 Å². The van der Waals surface area contributed by atoms with Crippen molar-refractivity contribution in [2.24, 2.45) is 17.8 Å². The zero-order valence-corrected chi connectivity index (χ0v) is 14.9. The highest BCUT2D eigenvalue weighted by Crippen LogP contribution is 2.45. The van der Waals surface area contributed by atoms with E-state index in [2.05, 4.69) is 0 Å². The van der Waals surface area contributed by atoms with Gasteiger partial charge in [-0.1, -0.05) is 6.92 Å². The molecule has 2 fully saturated rings. The Balaban J connectivity index is 1.82. The summed E-state index contributed by atoms with van der Waals surface area (Å²) >= 11 is 0. The molecule has 0 amide bonds. The molecule has 9 atom stereocenters. The molecule has 3 aliphatic rings. The summed E-state index contributed by atoms with van der Waals surface area (Å²) in [6.07, 6.45) is -6.93. The fourth-order valence-electron chi connectivity index (χ4n) is 3.96. The molecule has 0 radical (unpaired) electrons. The van der Waals surface area contributed by atoms with Gasteiger partial charge in [0.25, 0.3) is 0 Å². The number of ketones is 1. The predicted molar refractivity (Wildman–Crippen MR) is 85.6 cm³/mol. The molecular formula is C17H24O10. The summed E-state index contributed by atoms with van der Waals surface area (Å²) in [5.74, 6) is -2.28. The number of Topliss-reactive ketones (excluding diaryl/α,β-unsaturated/α-hetero) is 1. The van der Waals surface area contributed by atoms with Crippen molar-refractivity contribution in [2.45, 2.75) is 50.3 Å². The van der Waals surface area contributed by atoms with Crippen LogP contribution in [0.5, 0.6) is 0 Å². The van der Waals surface area contributed by atoms with Crippen LogP contribution in [-0.4, -0.2) is 82.9 Å². The normalized spacial score (nSPS) is 44.3. The summed E-state index contributed by atoms with van der Waals surface area (Å²) < 4.78 is 21.2. The van der Waals surface area contributed by atoms with Gasteiger partial charge in [-0.05, 0) is 5.92 Å². The lowest BCUT2D eigenvalue weighted by atomic mass is 9.83. The van der Waals surface area contributed by atoms with Crippen molar-refractivity contribution < 1.29 is 49.0 Å². The maximum atomic E-state index is 12.4. The number of ether oxygens (including phenoxy) is 4. The van der Waals surface area contributed by atoms with Gasteiger partial charge in [0.1, 0.15) is 30.2 Å². The molecular weight excluding hydrogens is 364 g/mol. The van der Waals surface area contributed by atoms with E-state index in [9.17, 15) is 30.0 Å². The van der Waals surface area contributed by atoms with E-state index >= 15 is 0 Å². The monoisotopic (exact) mass is 388 g/mol. The van der Waals surface area contributed by atoms with Gasteiger partial charge in [-0.2, -0.15) is 0 Å². The van der Waals surface area contributed by atoms with Gasteiger partial charge in [-0.3, -0.25) is 4.79 Å². The third-order valence-corrected chi connectivity index (χ3v) is 5.43. The van der Waals surface area contributed by atoms with Crippen molar-refractivity contribution >= 4 is 11.8 Å². The van der Waals surface area contributed by atoms with E-state index in [1.165, 1.54) is 7.11 Å². The van der Waals surface area contributed by atoms with E-state index in [-0.39, 0.29) is 23.7 Å². The maximum Gasteiger partial charge on any atom is 0.337 e. The van der Waals surface area contributed by atoms with Crippen LogP contribution in [0.25, 0.3) is 0 Å². The van der Waals surface area contributed by atoms with Crippen LogP contribution in [0.15, 0.2) is 11.8 Å². The Kier molecular flexibility index (Phi) is 5.84. The topological polar surface area (TPSA) is 152 Å². The van der Waals surface area contributed by atoms with E-state index in [4.69, 9.17) is 18.9 Å². The van der Waals surface area contributed by atoms with Crippen molar-refractivity contribution in [1.29, 1.82) is 0 Å². The van der Waals surface area contributed by atoms with Gasteiger partial charge in [0.15, 0.2) is 6.29 Å². The number of fused-ring (bicyclic) bond motifs is 1. The maximum absolute atomic E-state index is 12.4. The number of aliphatic hydroxyl groups is 4. The highest BCUT2D eigenvalue weighted by Gasteiger charge is 2.54. The van der Waals surface area contributed by atoms with Crippen LogP contribution in [0, 0.1) is 17.8 Å². The van der Waals surface area contributed by atoms with Crippen LogP contribution in [-0.2, 0) is 28.5 Å². The first-order valence-corrected chi connectivity index (χ1v) is 8.72. The minimum Gasteiger partial charge on any atom is -0.472 e. The second-order valence-corrected chi connectivity index (χ2v) is 7.11. The fourth-order valence-corrected chi connectivity index (χ4v) is 3.96. The van der Waals surface area contributed by atoms with Crippen LogP contribution in [0.1, 0.15) is 13.3 Å². The first kappa shape index (κ1) is 20.2. The molecule has 0 aromatic heterocycles. The number of rotatable bonds is 4. The summed E-state index contributed by atoms with van der Waals surface area (Å²) in [4.78, 5) is 24.4. The van der Waals surface area contributed by atoms with E-state index in [0.29, 0.717) is 0 Å². The summed E-state index contributed by atoms with van der Waals surface area (Å²) in [5.41, 5.74) is 0.102. The molecule has 3 rings (SSSR count). The number of esters is 1. The SMILES string of the molecule is COC(=O)C1=COC(O[C@@H]2O[C@H](CO)[C@@H](O)[C@@H](O)[C@H]2O)C2C(C)CC(=O)C12. The average molecular weight is 388 g/mol. The first-order chi connectivity index (χ1) is 12.8. The Morgan fingerprint density at radius 3 is 2.56 bits per heavy atom. The van der Waals surface area contributed by atoms with Crippen LogP contribution >= 0.6 is 0 Å². The molecule has 2 heterocycles. The van der Waals surface area contributed by atoms with Gasteiger partial charge in [0.05, 0.1) is 31.5 Å². The minimum absolute atomic E-state index is 0.102. The smallest absolute Gasteiger partial charge is 0.337 e. The van der Waals surface area contributed by atoms with Crippen LogP contribution in [0.3, 0.4) is 0 Å². The second-order valence-electron chi connectivity index (χ2n) is 7.11. The lowest BCUT2D eigenvalue weighted by Crippen LogP contribution is -2.60. The quantitative estimate of drug-likeness (QED) is 0.400. The molecule has 0 aromatic rings. The predicted octanol–water partition coefficient (Wildman–Crippen LogP) is -1.94. The summed E-state index contributed by atoms with van der Waals surface area (Å²) in [5, 5.41) is 39.1. The van der Waals surface area contributed by atoms with E-state index in [0.717, 1.165) is 6.26 Å². The Hall–Kier alpha value is -1.56. The lowest BCUT2D eigenvalue weighted by molar-refractivity contribution is -0.342. The van der Waals surface area contributed by atoms with Crippen molar-refractivity contribution in [3.63, 3.8) is 0 Å². The molecule has 1 saturated carbocycles. The third-order valence-electron chi connectivity index (χ3n) is 5.43. The molecule has 1 aliphatic carbocycles. The zero-order chi connectivity index (χ0) is 19.9. The summed E-state index contributed by atoms with van der Waals surface area (Å²) in [6, 6.07) is 0. The van der Waals surface area contributed by atoms with Gasteiger partial charge >= 0.3 is 5.97 Å². The highest BCUT2D eigenvalue weighted by molar-refractivity contribution is 5.99. The number of aliphatic hydroxyl groups excluding tert-OH is 4. The molecule has 10 heteroatoms. The van der Waals surface area contributed by atoms with Gasteiger partial charge in [0, 0.05) is 12.3 Å². The van der Waals surface area contributed by atoms with E-state index in [1.807, 2.05) is 6.92 Å². The van der Waals surface area contributed by atoms with Gasteiger partial charge in [0.2, 0.25) is 6.29 Å². The Morgan fingerprint density at radius 1 is 1.22 bits per heavy atom. The number of hydrogen-bond donors (Lipinski definition) is 4. The molecule has 0 aromatic carbocycles. The van der Waals surface area contributed by atoms with E-state index in [1.54, 1.807) is 0 Å². The summed E-state index contributed by atoms with van der Waals surface area (Å²) in [6.45, 7) is 1.22. The molecule has 2 aliphatic heterocycles. The molecule has 4 N–H and O–H groups in total. The molecule has 10 nitrogen and oxygen atoms in total. The zero-order valence-electron chi connectivity index (χ0n) is 14.9. The van der Waals surface area contributed by atoms with Gasteiger partial charge < -0.3 is 39.4 Å². The van der Waals surface area contributed by atoms with E-state index < -0.39 is 61.4 Å². The Bertz CT molecular complexity index is 617. The number of methoxy groups -OCH3 is 1. The Labute approximate surface area is 155 Å². The number of carbonyl (C=O) groups is 2. The molecule has 0 bridgehead atoms. The largest absolute Gasteiger partial charge is 0.472 e. The molecule has 152 valence electrons. The second kappa shape index (κ2) is 7.82. The standard InChI is InChI=1S/C17H24O10/c1-6-3-8(19)11-7(15(23)24-2)5-25-16(10(6)11)27-17-14(22)13(21)12(20)9(4-18)26-17/h5-6,9-14,16-18,20-22H,3-4H2,1-2H3/t6?,9-,10?,11?,12-,13-,14-,16?,17+/m1/s1. The molecule has 0 spiro atoms. The van der Waals surface area contributed by atoms with Crippen LogP contribution in [0.4, 0.5) is 0 Å². The van der Waals surface area contributed by atoms with Crippen molar-refractivity contribution in [3.05, 3.63) is 11.8 Å². The number of carbonyl (C=O) groups excluding carboxylic acids is 2. The third kappa shape index (κ3) is 3.48. The van der Waals surface area contributed by atoms with Gasteiger partial charge in [-0.25, -0.2) is 4.79 Å². The average Bonchev–Trinajstić information content (AvgIpc) is 2.96. The minimum atomic E-state index is -1.59. The van der Waals surface area contributed by atoms with Crippen molar-refractivity contribution in [2.75, 3.05) is 13.7 Å². The first-order valence-electron chi connectivity index (χ1n) is 8.72. The lowest BCUT2D eigenvalue weighted by Gasteiger charge is -2.42. The fraction of sp³-hybridized carbons (Fsp3) is 0.765. The Morgan fingerprint density at radius 2 is 1.93 bits per heavy atom. The van der Waals surface area contributed by atoms with Crippen molar-refractivity contribution in [3.8, 4) is 0 Å². The summed E-state index contributed by atoms with van der Waals surface area (Å²) in [7, 11) is 1.21. The van der Waals surface area contributed by atoms with Crippen LogP contribution < -0.4 is 0 Å². The highest BCUT2D eigenvalue weighted by atomic mass is 16.8. The molecule has 27 heavy (non-hydrogen) atoms.